The summed E-state index contributed by atoms with van der Waals surface area (Å²) in [5.74, 6) is 0.734. The van der Waals surface area contributed by atoms with Crippen LogP contribution >= 0.6 is 0 Å². The number of amides is 1. The van der Waals surface area contributed by atoms with Crippen molar-refractivity contribution >= 4 is 11.7 Å². The quantitative estimate of drug-likeness (QED) is 0.684. The number of benzene rings is 1. The van der Waals surface area contributed by atoms with Crippen LogP contribution in [-0.2, 0) is 17.9 Å². The summed E-state index contributed by atoms with van der Waals surface area (Å²) in [5.41, 5.74) is 7.69. The maximum absolute atomic E-state index is 12.9. The molecular formula is C22H30N4O2. The van der Waals surface area contributed by atoms with Gasteiger partial charge < -0.3 is 21.1 Å². The first-order valence-electron chi connectivity index (χ1n) is 9.90. The van der Waals surface area contributed by atoms with Crippen molar-refractivity contribution in [3.63, 3.8) is 0 Å². The molecule has 28 heavy (non-hydrogen) atoms. The lowest BCUT2D eigenvalue weighted by Crippen LogP contribution is -2.57. The van der Waals surface area contributed by atoms with Gasteiger partial charge in [-0.05, 0) is 36.0 Å². The van der Waals surface area contributed by atoms with Gasteiger partial charge in [-0.2, -0.15) is 0 Å². The van der Waals surface area contributed by atoms with Crippen molar-refractivity contribution in [3.05, 3.63) is 59.3 Å². The van der Waals surface area contributed by atoms with E-state index in [-0.39, 0.29) is 12.5 Å². The number of nitrogens with one attached hydrogen (secondary N) is 1. The molecule has 0 spiro atoms. The number of carbonyl (C=O) groups is 1. The number of carbonyl (C=O) groups excluding carboxylic acids is 1. The van der Waals surface area contributed by atoms with Gasteiger partial charge in [-0.15, -0.1) is 0 Å². The highest BCUT2D eigenvalue weighted by Gasteiger charge is 2.41. The van der Waals surface area contributed by atoms with Crippen LogP contribution in [0.25, 0.3) is 0 Å². The van der Waals surface area contributed by atoms with E-state index in [1.54, 1.807) is 11.1 Å². The molecule has 1 unspecified atom stereocenters. The van der Waals surface area contributed by atoms with Gasteiger partial charge in [0.2, 0.25) is 0 Å². The molecule has 1 aromatic heterocycles. The molecule has 2 aromatic rings. The molecule has 1 aromatic carbocycles. The van der Waals surface area contributed by atoms with Crippen LogP contribution in [0.5, 0.6) is 0 Å². The Morgan fingerprint density at radius 1 is 1.29 bits per heavy atom. The molecule has 1 atom stereocenters. The minimum atomic E-state index is -1.38. The second kappa shape index (κ2) is 8.71. The predicted octanol–water partition coefficient (Wildman–Crippen LogP) is 2.43. The zero-order valence-corrected chi connectivity index (χ0v) is 16.7. The molecule has 2 heterocycles. The van der Waals surface area contributed by atoms with Crippen molar-refractivity contribution in [2.75, 3.05) is 18.8 Å². The Morgan fingerprint density at radius 3 is 2.71 bits per heavy atom. The minimum Gasteiger partial charge on any atom is -0.383 e. The number of hydrogen-bond donors (Lipinski definition) is 3. The number of nitrogens with two attached hydrogens (primary N) is 1. The van der Waals surface area contributed by atoms with Crippen molar-refractivity contribution in [2.45, 2.75) is 51.3 Å². The standard InChI is InChI=1S/C22H30N4O2/c1-16(2)18-8-6-17(7-9-18)14-26-12-4-10-22(28,21(26)27)15-24-13-19-5-3-11-25-20(19)23/h3,5-9,11,16,24,28H,4,10,12-15H2,1-2H3,(H2,23,25). The Labute approximate surface area is 166 Å². The van der Waals surface area contributed by atoms with E-state index >= 15 is 0 Å². The number of anilines is 1. The number of pyridine rings is 1. The predicted molar refractivity (Wildman–Crippen MR) is 110 cm³/mol. The first-order chi connectivity index (χ1) is 13.4. The smallest absolute Gasteiger partial charge is 0.256 e. The molecule has 150 valence electrons. The Hall–Kier alpha value is -2.44. The molecule has 1 aliphatic rings. The largest absolute Gasteiger partial charge is 0.383 e. The van der Waals surface area contributed by atoms with Gasteiger partial charge >= 0.3 is 0 Å². The lowest BCUT2D eigenvalue weighted by atomic mass is 9.91. The topological polar surface area (TPSA) is 91.5 Å². The molecule has 6 nitrogen and oxygen atoms in total. The van der Waals surface area contributed by atoms with Gasteiger partial charge in [0.05, 0.1) is 0 Å². The van der Waals surface area contributed by atoms with Crippen molar-refractivity contribution in [1.29, 1.82) is 0 Å². The van der Waals surface area contributed by atoms with Crippen LogP contribution in [0.4, 0.5) is 5.82 Å². The van der Waals surface area contributed by atoms with Crippen LogP contribution in [0.3, 0.4) is 0 Å². The maximum atomic E-state index is 12.9. The first kappa shape index (κ1) is 20.3. The molecule has 6 heteroatoms. The highest BCUT2D eigenvalue weighted by atomic mass is 16.3. The average Bonchev–Trinajstić information content (AvgIpc) is 2.68. The van der Waals surface area contributed by atoms with E-state index in [0.717, 1.165) is 17.5 Å². The van der Waals surface area contributed by atoms with E-state index in [1.807, 2.05) is 12.1 Å². The van der Waals surface area contributed by atoms with E-state index in [1.165, 1.54) is 5.56 Å². The third-order valence-corrected chi connectivity index (χ3v) is 5.38. The van der Waals surface area contributed by atoms with Gasteiger partial charge in [0, 0.05) is 37.9 Å². The highest BCUT2D eigenvalue weighted by molar-refractivity contribution is 5.86. The number of piperidine rings is 1. The summed E-state index contributed by atoms with van der Waals surface area (Å²) in [7, 11) is 0. The average molecular weight is 383 g/mol. The third-order valence-electron chi connectivity index (χ3n) is 5.38. The number of likely N-dealkylation sites (tertiary alicyclic amines) is 1. The minimum absolute atomic E-state index is 0.197. The highest BCUT2D eigenvalue weighted by Crippen LogP contribution is 2.24. The molecule has 1 aliphatic heterocycles. The number of hydrogen-bond acceptors (Lipinski definition) is 5. The monoisotopic (exact) mass is 382 g/mol. The van der Waals surface area contributed by atoms with E-state index in [2.05, 4.69) is 48.4 Å². The second-order valence-corrected chi connectivity index (χ2v) is 7.91. The molecule has 1 amide bonds. The number of nitrogen functional groups attached to an aromatic ring is 1. The van der Waals surface area contributed by atoms with Gasteiger partial charge in [0.15, 0.2) is 5.60 Å². The van der Waals surface area contributed by atoms with Gasteiger partial charge in [-0.1, -0.05) is 44.2 Å². The lowest BCUT2D eigenvalue weighted by molar-refractivity contribution is -0.157. The van der Waals surface area contributed by atoms with Crippen molar-refractivity contribution in [3.8, 4) is 0 Å². The van der Waals surface area contributed by atoms with Gasteiger partial charge in [-0.25, -0.2) is 4.98 Å². The maximum Gasteiger partial charge on any atom is 0.256 e. The molecule has 0 radical (unpaired) electrons. The fraction of sp³-hybridized carbons (Fsp3) is 0.455. The fourth-order valence-corrected chi connectivity index (χ4v) is 3.61. The summed E-state index contributed by atoms with van der Waals surface area (Å²) < 4.78 is 0. The van der Waals surface area contributed by atoms with E-state index in [9.17, 15) is 9.90 Å². The normalized spacial score (nSPS) is 20.0. The first-order valence-corrected chi connectivity index (χ1v) is 9.90. The van der Waals surface area contributed by atoms with E-state index < -0.39 is 5.60 Å². The van der Waals surface area contributed by atoms with Crippen LogP contribution in [0.2, 0.25) is 0 Å². The summed E-state index contributed by atoms with van der Waals surface area (Å²) in [4.78, 5) is 18.7. The summed E-state index contributed by atoms with van der Waals surface area (Å²) in [6.45, 7) is 6.18. The number of nitrogens with zero attached hydrogens (tertiary/aromatic N) is 2. The summed E-state index contributed by atoms with van der Waals surface area (Å²) in [5, 5.41) is 14.1. The van der Waals surface area contributed by atoms with Crippen LogP contribution < -0.4 is 11.1 Å². The molecule has 0 aliphatic carbocycles. The summed E-state index contributed by atoms with van der Waals surface area (Å²) >= 11 is 0. The summed E-state index contributed by atoms with van der Waals surface area (Å²) in [6, 6.07) is 12.1. The van der Waals surface area contributed by atoms with Gasteiger partial charge in [0.25, 0.3) is 5.91 Å². The fourth-order valence-electron chi connectivity index (χ4n) is 3.61. The Bertz CT molecular complexity index is 806. The molecule has 3 rings (SSSR count). The van der Waals surface area contributed by atoms with Gasteiger partial charge in [0.1, 0.15) is 5.82 Å². The van der Waals surface area contributed by atoms with Crippen LogP contribution in [0.15, 0.2) is 42.6 Å². The Kier molecular flexibility index (Phi) is 6.31. The number of aromatic nitrogens is 1. The molecule has 0 saturated carbocycles. The summed E-state index contributed by atoms with van der Waals surface area (Å²) in [6.07, 6.45) is 2.88. The molecular weight excluding hydrogens is 352 g/mol. The van der Waals surface area contributed by atoms with Crippen molar-refractivity contribution < 1.29 is 9.90 Å². The van der Waals surface area contributed by atoms with Gasteiger partial charge in [-0.3, -0.25) is 4.79 Å². The van der Waals surface area contributed by atoms with Crippen LogP contribution in [-0.4, -0.2) is 39.6 Å². The zero-order valence-electron chi connectivity index (χ0n) is 16.7. The number of aliphatic hydroxyl groups is 1. The lowest BCUT2D eigenvalue weighted by Gasteiger charge is -2.38. The van der Waals surface area contributed by atoms with Crippen LogP contribution in [0.1, 0.15) is 49.3 Å². The van der Waals surface area contributed by atoms with Crippen LogP contribution in [0, 0.1) is 0 Å². The zero-order chi connectivity index (χ0) is 20.1. The van der Waals surface area contributed by atoms with Crippen molar-refractivity contribution in [2.24, 2.45) is 0 Å². The SMILES string of the molecule is CC(C)c1ccc(CN2CCCC(O)(CNCc3cccnc3N)C2=O)cc1. The molecule has 4 N–H and O–H groups in total. The second-order valence-electron chi connectivity index (χ2n) is 7.91. The molecule has 1 fully saturated rings. The molecule has 1 saturated heterocycles. The van der Waals surface area contributed by atoms with E-state index in [0.29, 0.717) is 37.8 Å². The van der Waals surface area contributed by atoms with Crippen molar-refractivity contribution in [1.82, 2.24) is 15.2 Å². The Balaban J connectivity index is 1.59. The Morgan fingerprint density at radius 2 is 2.04 bits per heavy atom. The third kappa shape index (κ3) is 4.69. The molecule has 0 bridgehead atoms. The van der Waals surface area contributed by atoms with E-state index in [4.69, 9.17) is 5.73 Å². The number of rotatable bonds is 7.